The Morgan fingerprint density at radius 1 is 1.24 bits per heavy atom. The van der Waals surface area contributed by atoms with Gasteiger partial charge in [-0.2, -0.15) is 8.42 Å². The number of hydrogen-bond donors (Lipinski definition) is 3. The zero-order valence-electron chi connectivity index (χ0n) is 22.0. The Hall–Kier alpha value is -3.28. The SMILES string of the molecule is CS(=O)(=O)O.Cc1ccc(C(=O)NC2CC2)cc1-n1cnc2ccc(O[C@]3(C(C)C)CCNC3)cc2c1=O. The molecule has 38 heavy (non-hydrogen) atoms. The highest BCUT2D eigenvalue weighted by atomic mass is 32.2. The number of benzene rings is 2. The number of ether oxygens (including phenoxy) is 1. The van der Waals surface area contributed by atoms with Crippen molar-refractivity contribution in [1.29, 1.82) is 0 Å². The molecule has 2 heterocycles. The van der Waals surface area contributed by atoms with Gasteiger partial charge in [-0.25, -0.2) is 4.98 Å². The molecule has 10 nitrogen and oxygen atoms in total. The number of hydrogen-bond acceptors (Lipinski definition) is 7. The number of amides is 1. The molecule has 2 aliphatic rings. The van der Waals surface area contributed by atoms with Crippen molar-refractivity contribution in [2.45, 2.75) is 51.7 Å². The van der Waals surface area contributed by atoms with Crippen LogP contribution in [0.1, 0.15) is 49.0 Å². The maximum Gasteiger partial charge on any atom is 0.265 e. The lowest BCUT2D eigenvalue weighted by Gasteiger charge is -2.33. The summed E-state index contributed by atoms with van der Waals surface area (Å²) in [5.74, 6) is 0.896. The molecule has 2 aromatic carbocycles. The summed E-state index contributed by atoms with van der Waals surface area (Å²) in [6.07, 6.45) is 5.22. The molecule has 1 saturated carbocycles. The third kappa shape index (κ3) is 6.58. The van der Waals surface area contributed by atoms with Crippen LogP contribution >= 0.6 is 0 Å². The number of nitrogens with zero attached hydrogens (tertiary/aromatic N) is 2. The Balaban J connectivity index is 0.000000617. The number of carbonyl (C=O) groups excluding carboxylic acids is 1. The van der Waals surface area contributed by atoms with E-state index in [1.54, 1.807) is 18.2 Å². The van der Waals surface area contributed by atoms with Crippen molar-refractivity contribution in [3.8, 4) is 11.4 Å². The van der Waals surface area contributed by atoms with E-state index in [2.05, 4.69) is 29.5 Å². The Bertz CT molecular complexity index is 1500. The molecule has 0 spiro atoms. The number of nitrogens with one attached hydrogen (secondary N) is 2. The van der Waals surface area contributed by atoms with Crippen LogP contribution in [0.5, 0.6) is 5.75 Å². The lowest BCUT2D eigenvalue weighted by molar-refractivity contribution is 0.0421. The minimum Gasteiger partial charge on any atom is -0.486 e. The molecule has 0 unspecified atom stereocenters. The lowest BCUT2D eigenvalue weighted by Crippen LogP contribution is -2.43. The molecule has 0 bridgehead atoms. The molecular formula is C27H34N4O6S. The summed E-state index contributed by atoms with van der Waals surface area (Å²) in [6, 6.07) is 11.2. The Morgan fingerprint density at radius 3 is 2.55 bits per heavy atom. The first-order valence-corrected chi connectivity index (χ1v) is 14.5. The zero-order chi connectivity index (χ0) is 27.7. The van der Waals surface area contributed by atoms with Gasteiger partial charge in [-0.1, -0.05) is 19.9 Å². The second-order valence-corrected chi connectivity index (χ2v) is 11.8. The summed E-state index contributed by atoms with van der Waals surface area (Å²) in [6.45, 7) is 7.96. The average molecular weight is 543 g/mol. The van der Waals surface area contributed by atoms with Crippen LogP contribution in [-0.2, 0) is 10.1 Å². The Kier molecular flexibility index (Phi) is 7.91. The third-order valence-electron chi connectivity index (χ3n) is 6.90. The molecule has 5 rings (SSSR count). The number of carbonyl (C=O) groups is 1. The predicted molar refractivity (Wildman–Crippen MR) is 146 cm³/mol. The molecular weight excluding hydrogens is 508 g/mol. The van der Waals surface area contributed by atoms with Gasteiger partial charge in [-0.3, -0.25) is 18.7 Å². The molecule has 1 amide bonds. The van der Waals surface area contributed by atoms with Gasteiger partial charge in [0.05, 0.1) is 22.8 Å². The van der Waals surface area contributed by atoms with E-state index in [9.17, 15) is 18.0 Å². The van der Waals surface area contributed by atoms with Crippen LogP contribution in [0.25, 0.3) is 16.6 Å². The van der Waals surface area contributed by atoms with Crippen LogP contribution in [0, 0.1) is 12.8 Å². The molecule has 3 N–H and O–H groups in total. The van der Waals surface area contributed by atoms with E-state index in [-0.39, 0.29) is 23.1 Å². The first kappa shape index (κ1) is 27.7. The lowest BCUT2D eigenvalue weighted by atomic mass is 9.89. The van der Waals surface area contributed by atoms with Gasteiger partial charge in [0.2, 0.25) is 0 Å². The number of rotatable bonds is 6. The van der Waals surface area contributed by atoms with Crippen molar-refractivity contribution in [2.75, 3.05) is 19.3 Å². The second-order valence-electron chi connectivity index (χ2n) is 10.3. The van der Waals surface area contributed by atoms with E-state index in [0.717, 1.165) is 37.9 Å². The van der Waals surface area contributed by atoms with Crippen LogP contribution in [-0.4, -0.2) is 59.4 Å². The number of fused-ring (bicyclic) bond motifs is 1. The largest absolute Gasteiger partial charge is 0.486 e. The zero-order valence-corrected chi connectivity index (χ0v) is 22.8. The van der Waals surface area contributed by atoms with E-state index in [1.807, 2.05) is 25.1 Å². The van der Waals surface area contributed by atoms with Crippen LogP contribution in [0.2, 0.25) is 0 Å². The fourth-order valence-electron chi connectivity index (χ4n) is 4.46. The van der Waals surface area contributed by atoms with Crippen LogP contribution in [0.3, 0.4) is 0 Å². The van der Waals surface area contributed by atoms with Crippen molar-refractivity contribution in [1.82, 2.24) is 20.2 Å². The maximum atomic E-state index is 13.5. The van der Waals surface area contributed by atoms with E-state index in [4.69, 9.17) is 9.29 Å². The average Bonchev–Trinajstić information content (AvgIpc) is 3.52. The summed E-state index contributed by atoms with van der Waals surface area (Å²) in [7, 11) is -3.67. The van der Waals surface area contributed by atoms with Crippen LogP contribution in [0.15, 0.2) is 47.5 Å². The van der Waals surface area contributed by atoms with Gasteiger partial charge in [-0.15, -0.1) is 0 Å². The molecule has 1 aromatic heterocycles. The summed E-state index contributed by atoms with van der Waals surface area (Å²) in [5, 5.41) is 6.89. The quantitative estimate of drug-likeness (QED) is 0.404. The molecule has 11 heteroatoms. The van der Waals surface area contributed by atoms with E-state index < -0.39 is 10.1 Å². The van der Waals surface area contributed by atoms with Crippen molar-refractivity contribution in [3.63, 3.8) is 0 Å². The van der Waals surface area contributed by atoms with Gasteiger partial charge in [0.25, 0.3) is 21.6 Å². The van der Waals surface area contributed by atoms with Crippen LogP contribution in [0.4, 0.5) is 0 Å². The minimum absolute atomic E-state index is 0.111. The van der Waals surface area contributed by atoms with E-state index >= 15 is 0 Å². The molecule has 1 aliphatic heterocycles. The second kappa shape index (κ2) is 10.8. The fraction of sp³-hybridized carbons (Fsp3) is 0.444. The molecule has 3 aromatic rings. The van der Waals surface area contributed by atoms with Gasteiger partial charge in [0.1, 0.15) is 17.7 Å². The predicted octanol–water partition coefficient (Wildman–Crippen LogP) is 2.86. The highest BCUT2D eigenvalue weighted by Gasteiger charge is 2.39. The minimum atomic E-state index is -3.67. The normalized spacial score (nSPS) is 19.2. The van der Waals surface area contributed by atoms with Gasteiger partial charge in [0.15, 0.2) is 0 Å². The van der Waals surface area contributed by atoms with Crippen molar-refractivity contribution < 1.29 is 22.5 Å². The van der Waals surface area contributed by atoms with Crippen LogP contribution < -0.4 is 20.9 Å². The Morgan fingerprint density at radius 2 is 1.95 bits per heavy atom. The van der Waals surface area contributed by atoms with Crippen molar-refractivity contribution >= 4 is 26.9 Å². The van der Waals surface area contributed by atoms with Crippen molar-refractivity contribution in [3.05, 3.63) is 64.2 Å². The number of aromatic nitrogens is 2. The van der Waals surface area contributed by atoms with E-state index in [0.29, 0.717) is 40.1 Å². The van der Waals surface area contributed by atoms with Gasteiger partial charge in [0, 0.05) is 24.6 Å². The van der Waals surface area contributed by atoms with E-state index in [1.165, 1.54) is 10.9 Å². The molecule has 2 fully saturated rings. The van der Waals surface area contributed by atoms with Gasteiger partial charge >= 0.3 is 0 Å². The highest BCUT2D eigenvalue weighted by molar-refractivity contribution is 7.85. The summed E-state index contributed by atoms with van der Waals surface area (Å²) in [4.78, 5) is 30.6. The molecule has 204 valence electrons. The first-order valence-electron chi connectivity index (χ1n) is 12.6. The summed E-state index contributed by atoms with van der Waals surface area (Å²) >= 11 is 0. The maximum absolute atomic E-state index is 13.5. The fourth-order valence-corrected chi connectivity index (χ4v) is 4.46. The summed E-state index contributed by atoms with van der Waals surface area (Å²) < 4.78 is 33.8. The summed E-state index contributed by atoms with van der Waals surface area (Å²) in [5.41, 5.74) is 2.24. The molecule has 1 aliphatic carbocycles. The number of aryl methyl sites for hydroxylation is 1. The molecule has 1 saturated heterocycles. The third-order valence-corrected chi connectivity index (χ3v) is 6.90. The highest BCUT2D eigenvalue weighted by Crippen LogP contribution is 2.32. The molecule has 1 atom stereocenters. The standard InChI is InChI=1S/C26H30N4O3.CH4O3S/c1-16(2)26(10-11-27-14-26)33-20-8-9-22-21(13-20)25(32)30(15-28-22)23-12-18(5-4-17(23)3)24(31)29-19-6-7-19;1-5(2,3)4/h4-5,8-9,12-13,15-16,19,27H,6-7,10-11,14H2,1-3H3,(H,29,31);1H3,(H,2,3,4)/t26-;/m1./s1. The van der Waals surface area contributed by atoms with Crippen molar-refractivity contribution in [2.24, 2.45) is 5.92 Å². The smallest absolute Gasteiger partial charge is 0.265 e. The van der Waals surface area contributed by atoms with Gasteiger partial charge < -0.3 is 15.4 Å². The monoisotopic (exact) mass is 542 g/mol. The topological polar surface area (TPSA) is 140 Å². The first-order chi connectivity index (χ1) is 17.9. The molecule has 0 radical (unpaired) electrons. The Labute approximate surface area is 222 Å². The van der Waals surface area contributed by atoms with Gasteiger partial charge in [-0.05, 0) is 68.1 Å².